The average Bonchev–Trinajstić information content (AvgIpc) is 2.44. The molecule has 0 aliphatic rings. The fourth-order valence-electron chi connectivity index (χ4n) is 1.23. The number of nitrogens with zero attached hydrogens (tertiary/aromatic N) is 2. The number of halogens is 3. The van der Waals surface area contributed by atoms with Gasteiger partial charge in [0.25, 0.3) is 0 Å². The first-order chi connectivity index (χ1) is 7.31. The van der Waals surface area contributed by atoms with Crippen LogP contribution in [-0.4, -0.2) is 27.5 Å². The molecule has 8 heteroatoms. The zero-order valence-electron chi connectivity index (χ0n) is 8.84. The molecular weight excluding hydrogens is 243 g/mol. The molecule has 0 aliphatic carbocycles. The van der Waals surface area contributed by atoms with E-state index >= 15 is 0 Å². The van der Waals surface area contributed by atoms with Crippen LogP contribution >= 0.6 is 12.2 Å². The Balaban J connectivity index is 2.65. The Labute approximate surface area is 95.4 Å². The van der Waals surface area contributed by atoms with Crippen molar-refractivity contribution >= 4 is 12.2 Å². The summed E-state index contributed by atoms with van der Waals surface area (Å²) in [6, 6.07) is 0.0238. The monoisotopic (exact) mass is 255 g/mol. The van der Waals surface area contributed by atoms with Crippen molar-refractivity contribution in [3.05, 3.63) is 10.6 Å². The second-order valence-electron chi connectivity index (χ2n) is 3.52. The average molecular weight is 255 g/mol. The molecule has 0 saturated heterocycles. The van der Waals surface area contributed by atoms with E-state index in [-0.39, 0.29) is 12.6 Å². The molecule has 0 saturated carbocycles. The van der Waals surface area contributed by atoms with Crippen LogP contribution in [0.5, 0.6) is 0 Å². The summed E-state index contributed by atoms with van der Waals surface area (Å²) in [7, 11) is 0. The highest BCUT2D eigenvalue weighted by Gasteiger charge is 2.27. The molecule has 0 amide bonds. The molecule has 1 rings (SSSR count). The van der Waals surface area contributed by atoms with Gasteiger partial charge in [0.05, 0.1) is 0 Å². The molecule has 1 aromatic heterocycles. The second-order valence-corrected chi connectivity index (χ2v) is 3.90. The molecule has 1 N–H and O–H groups in total. The van der Waals surface area contributed by atoms with Crippen LogP contribution in [0.25, 0.3) is 0 Å². The highest BCUT2D eigenvalue weighted by Crippen LogP contribution is 2.16. The van der Waals surface area contributed by atoms with Gasteiger partial charge in [-0.3, -0.25) is 9.67 Å². The number of hydrogen-bond donors (Lipinski definition) is 1. The summed E-state index contributed by atoms with van der Waals surface area (Å²) in [5, 5.41) is 6.33. The van der Waals surface area contributed by atoms with E-state index < -0.39 is 12.8 Å². The fraction of sp³-hybridized carbons (Fsp3) is 0.750. The van der Waals surface area contributed by atoms with Crippen LogP contribution in [0.2, 0.25) is 0 Å². The highest BCUT2D eigenvalue weighted by atomic mass is 32.1. The van der Waals surface area contributed by atoms with Gasteiger partial charge in [0, 0.05) is 6.04 Å². The fourth-order valence-corrected chi connectivity index (χ4v) is 1.59. The number of alkyl halides is 3. The molecule has 4 nitrogen and oxygen atoms in total. The lowest BCUT2D eigenvalue weighted by atomic mass is 10.4. The molecule has 0 spiro atoms. The predicted octanol–water partition coefficient (Wildman–Crippen LogP) is 2.60. The molecule has 92 valence electrons. The Morgan fingerprint density at radius 2 is 2.12 bits per heavy atom. The first-order valence-electron chi connectivity index (χ1n) is 4.61. The lowest BCUT2D eigenvalue weighted by Crippen LogP contribution is -2.18. The van der Waals surface area contributed by atoms with Crippen LogP contribution in [0.15, 0.2) is 0 Å². The Morgan fingerprint density at radius 3 is 2.62 bits per heavy atom. The summed E-state index contributed by atoms with van der Waals surface area (Å²) in [6.07, 6.45) is -4.32. The predicted molar refractivity (Wildman–Crippen MR) is 53.5 cm³/mol. The van der Waals surface area contributed by atoms with Crippen molar-refractivity contribution in [2.45, 2.75) is 32.7 Å². The van der Waals surface area contributed by atoms with Crippen LogP contribution in [0.1, 0.15) is 25.7 Å². The number of hydrogen-bond acceptors (Lipinski definition) is 3. The molecule has 0 radical (unpaired) electrons. The van der Waals surface area contributed by atoms with Gasteiger partial charge in [-0.25, -0.2) is 0 Å². The largest absolute Gasteiger partial charge is 0.411 e. The zero-order valence-corrected chi connectivity index (χ0v) is 9.65. The molecule has 0 aromatic carbocycles. The second kappa shape index (κ2) is 4.96. The van der Waals surface area contributed by atoms with Gasteiger partial charge in [0.15, 0.2) is 10.6 Å². The Hall–Kier alpha value is -0.890. The van der Waals surface area contributed by atoms with Crippen molar-refractivity contribution in [1.82, 2.24) is 14.8 Å². The van der Waals surface area contributed by atoms with E-state index in [9.17, 15) is 13.2 Å². The van der Waals surface area contributed by atoms with Gasteiger partial charge in [-0.1, -0.05) is 0 Å². The number of ether oxygens (including phenoxy) is 1. The van der Waals surface area contributed by atoms with Crippen LogP contribution in [-0.2, 0) is 11.3 Å². The van der Waals surface area contributed by atoms with Crippen LogP contribution in [0.4, 0.5) is 13.2 Å². The Bertz CT molecular complexity index is 396. The quantitative estimate of drug-likeness (QED) is 0.841. The standard InChI is InChI=1S/C8H12F3N3OS/c1-5(2)14-6(12-13-7(14)16)3-15-4-8(9,10)11/h5H,3-4H2,1-2H3,(H,13,16). The van der Waals surface area contributed by atoms with Crippen molar-refractivity contribution in [3.8, 4) is 0 Å². The molecule has 0 bridgehead atoms. The first kappa shape index (κ1) is 13.2. The summed E-state index contributed by atoms with van der Waals surface area (Å²) in [6.45, 7) is 2.21. The van der Waals surface area contributed by atoms with E-state index in [2.05, 4.69) is 14.9 Å². The van der Waals surface area contributed by atoms with Crippen molar-refractivity contribution in [2.24, 2.45) is 0 Å². The van der Waals surface area contributed by atoms with Crippen molar-refractivity contribution in [3.63, 3.8) is 0 Å². The molecule has 0 aliphatic heterocycles. The Kier molecular flexibility index (Phi) is 4.09. The third kappa shape index (κ3) is 3.60. The number of rotatable bonds is 4. The Morgan fingerprint density at radius 1 is 1.50 bits per heavy atom. The smallest absolute Gasteiger partial charge is 0.364 e. The summed E-state index contributed by atoms with van der Waals surface area (Å²) in [5.74, 6) is 0.365. The van der Waals surface area contributed by atoms with Gasteiger partial charge in [0.1, 0.15) is 13.2 Å². The van der Waals surface area contributed by atoms with Gasteiger partial charge in [0.2, 0.25) is 0 Å². The summed E-state index contributed by atoms with van der Waals surface area (Å²) in [5.41, 5.74) is 0. The minimum atomic E-state index is -4.32. The number of nitrogens with one attached hydrogen (secondary N) is 1. The van der Waals surface area contributed by atoms with Crippen molar-refractivity contribution in [1.29, 1.82) is 0 Å². The number of H-pyrrole nitrogens is 1. The molecule has 1 aromatic rings. The van der Waals surface area contributed by atoms with Crippen molar-refractivity contribution < 1.29 is 17.9 Å². The minimum absolute atomic E-state index is 0.0238. The lowest BCUT2D eigenvalue weighted by Gasteiger charge is -2.11. The maximum Gasteiger partial charge on any atom is 0.411 e. The van der Waals surface area contributed by atoms with E-state index in [0.29, 0.717) is 10.6 Å². The van der Waals surface area contributed by atoms with Gasteiger partial charge in [-0.2, -0.15) is 18.3 Å². The van der Waals surface area contributed by atoms with E-state index in [1.807, 2.05) is 13.8 Å². The van der Waals surface area contributed by atoms with Crippen LogP contribution in [0, 0.1) is 4.77 Å². The highest BCUT2D eigenvalue weighted by molar-refractivity contribution is 7.71. The van der Waals surface area contributed by atoms with Crippen LogP contribution < -0.4 is 0 Å². The molecular formula is C8H12F3N3OS. The molecule has 0 fully saturated rings. The summed E-state index contributed by atoms with van der Waals surface area (Å²) >= 11 is 4.94. The number of aromatic nitrogens is 3. The SMILES string of the molecule is CC(C)n1c(COCC(F)(F)F)n[nH]c1=S. The third-order valence-corrected chi connectivity index (χ3v) is 2.08. The molecule has 0 atom stereocenters. The first-order valence-corrected chi connectivity index (χ1v) is 5.02. The molecule has 0 unspecified atom stereocenters. The normalized spacial score (nSPS) is 12.4. The third-order valence-electron chi connectivity index (χ3n) is 1.79. The van der Waals surface area contributed by atoms with E-state index in [4.69, 9.17) is 12.2 Å². The topological polar surface area (TPSA) is 42.8 Å². The summed E-state index contributed by atoms with van der Waals surface area (Å²) < 4.78 is 42.0. The van der Waals surface area contributed by atoms with Crippen LogP contribution in [0.3, 0.4) is 0 Å². The van der Waals surface area contributed by atoms with Gasteiger partial charge in [-0.05, 0) is 26.1 Å². The van der Waals surface area contributed by atoms with Gasteiger partial charge >= 0.3 is 6.18 Å². The molecule has 16 heavy (non-hydrogen) atoms. The lowest BCUT2D eigenvalue weighted by molar-refractivity contribution is -0.177. The van der Waals surface area contributed by atoms with Gasteiger partial charge < -0.3 is 4.74 Å². The maximum atomic E-state index is 11.8. The minimum Gasteiger partial charge on any atom is -0.364 e. The van der Waals surface area contributed by atoms with E-state index in [0.717, 1.165) is 0 Å². The summed E-state index contributed by atoms with van der Waals surface area (Å²) in [4.78, 5) is 0. The van der Waals surface area contributed by atoms with Crippen molar-refractivity contribution in [2.75, 3.05) is 6.61 Å². The maximum absolute atomic E-state index is 11.8. The molecule has 1 heterocycles. The van der Waals surface area contributed by atoms with E-state index in [1.54, 1.807) is 4.57 Å². The van der Waals surface area contributed by atoms with E-state index in [1.165, 1.54) is 0 Å². The van der Waals surface area contributed by atoms with Gasteiger partial charge in [-0.15, -0.1) is 0 Å². The zero-order chi connectivity index (χ0) is 12.3. The number of aromatic amines is 1.